The van der Waals surface area contributed by atoms with Crippen LogP contribution in [0.2, 0.25) is 5.04 Å². The molecule has 4 N–H and O–H groups in total. The Morgan fingerprint density at radius 2 is 1.50 bits per heavy atom. The third-order valence-corrected chi connectivity index (χ3v) is 11.9. The Hall–Kier alpha value is -2.86. The van der Waals surface area contributed by atoms with Gasteiger partial charge in [0.1, 0.15) is 17.8 Å². The third kappa shape index (κ3) is 4.30. The molecule has 2 heterocycles. The maximum Gasteiger partial charge on any atom is 0.330 e. The first kappa shape index (κ1) is 26.2. The van der Waals surface area contributed by atoms with Gasteiger partial charge in [0, 0.05) is 12.3 Å². The van der Waals surface area contributed by atoms with Crippen LogP contribution in [-0.2, 0) is 9.16 Å². The summed E-state index contributed by atoms with van der Waals surface area (Å²) >= 11 is 0. The lowest BCUT2D eigenvalue weighted by molar-refractivity contribution is -0.148. The minimum atomic E-state index is -3.24. The van der Waals surface area contributed by atoms with Gasteiger partial charge in [0.15, 0.2) is 6.23 Å². The molecule has 0 saturated carbocycles. The van der Waals surface area contributed by atoms with E-state index >= 15 is 0 Å². The Morgan fingerprint density at radius 3 is 1.94 bits per heavy atom. The fourth-order valence-electron chi connectivity index (χ4n) is 5.05. The van der Waals surface area contributed by atoms with Crippen LogP contribution in [0.15, 0.2) is 82.5 Å². The number of nitrogens with zero attached hydrogens (tertiary/aromatic N) is 1. The van der Waals surface area contributed by atoms with Crippen LogP contribution in [0.25, 0.3) is 0 Å². The van der Waals surface area contributed by atoms with E-state index in [4.69, 9.17) is 9.16 Å². The number of hydrogen-bond acceptors (Lipinski definition) is 7. The molecule has 0 amide bonds. The summed E-state index contributed by atoms with van der Waals surface area (Å²) < 4.78 is 14.0. The number of aromatic nitrogens is 2. The summed E-state index contributed by atoms with van der Waals surface area (Å²) in [6.45, 7) is 4.84. The van der Waals surface area contributed by atoms with Crippen LogP contribution in [0.5, 0.6) is 0 Å². The lowest BCUT2D eigenvalue weighted by Gasteiger charge is -2.47. The predicted octanol–water partition coefficient (Wildman–Crippen LogP) is 0.0949. The average molecular weight is 513 g/mol. The minimum absolute atomic E-state index is 0.459. The molecule has 1 saturated heterocycles. The van der Waals surface area contributed by atoms with Gasteiger partial charge in [-0.2, -0.15) is 0 Å². The highest BCUT2D eigenvalue weighted by Gasteiger charge is 2.61. The predicted molar refractivity (Wildman–Crippen MR) is 137 cm³/mol. The maximum absolute atomic E-state index is 12.5. The molecule has 1 fully saturated rings. The number of rotatable bonds is 7. The second kappa shape index (κ2) is 9.89. The van der Waals surface area contributed by atoms with Gasteiger partial charge in [-0.15, -0.1) is 0 Å². The summed E-state index contributed by atoms with van der Waals surface area (Å²) in [7, 11) is -3.24. The zero-order valence-electron chi connectivity index (χ0n) is 20.5. The third-order valence-electron chi connectivity index (χ3n) is 6.86. The summed E-state index contributed by atoms with van der Waals surface area (Å²) in [4.78, 5) is 26.2. The molecule has 1 aromatic heterocycles. The molecule has 10 heteroatoms. The van der Waals surface area contributed by atoms with E-state index in [9.17, 15) is 24.9 Å². The molecule has 192 valence electrons. The van der Waals surface area contributed by atoms with Gasteiger partial charge in [0.05, 0.1) is 13.2 Å². The van der Waals surface area contributed by atoms with Gasteiger partial charge in [-0.25, -0.2) is 4.79 Å². The van der Waals surface area contributed by atoms with E-state index in [0.717, 1.165) is 21.0 Å². The van der Waals surface area contributed by atoms with E-state index in [-0.39, 0.29) is 0 Å². The number of aromatic amines is 1. The molecule has 9 nitrogen and oxygen atoms in total. The first-order valence-corrected chi connectivity index (χ1v) is 13.7. The van der Waals surface area contributed by atoms with Gasteiger partial charge in [0.2, 0.25) is 0 Å². The molecule has 0 radical (unpaired) electrons. The van der Waals surface area contributed by atoms with Gasteiger partial charge in [-0.1, -0.05) is 81.4 Å². The quantitative estimate of drug-likeness (QED) is 0.330. The molecule has 1 aliphatic rings. The monoisotopic (exact) mass is 512 g/mol. The van der Waals surface area contributed by atoms with Crippen LogP contribution in [0, 0.1) is 0 Å². The van der Waals surface area contributed by atoms with Crippen LogP contribution < -0.4 is 21.6 Å². The molecule has 3 aromatic rings. The first-order chi connectivity index (χ1) is 17.1. The van der Waals surface area contributed by atoms with Crippen LogP contribution >= 0.6 is 0 Å². The molecule has 1 aliphatic heterocycles. The average Bonchev–Trinajstić information content (AvgIpc) is 3.14. The maximum atomic E-state index is 12.5. The molecular formula is C26H32N2O7Si. The summed E-state index contributed by atoms with van der Waals surface area (Å²) in [5.41, 5.74) is -3.10. The van der Waals surface area contributed by atoms with E-state index in [1.54, 1.807) is 0 Å². The molecule has 36 heavy (non-hydrogen) atoms. The smallest absolute Gasteiger partial charge is 0.330 e. The lowest BCUT2D eigenvalue weighted by Crippen LogP contribution is -2.70. The van der Waals surface area contributed by atoms with Crippen LogP contribution in [-0.4, -0.2) is 64.2 Å². The second-order valence-corrected chi connectivity index (χ2v) is 14.4. The van der Waals surface area contributed by atoms with Gasteiger partial charge < -0.3 is 24.5 Å². The van der Waals surface area contributed by atoms with Crippen LogP contribution in [0.1, 0.15) is 27.0 Å². The fraction of sp³-hybridized carbons (Fsp3) is 0.385. The Morgan fingerprint density at radius 1 is 0.972 bits per heavy atom. The van der Waals surface area contributed by atoms with Crippen molar-refractivity contribution >= 4 is 18.7 Å². The number of nitrogens with one attached hydrogen (secondary N) is 1. The molecule has 4 rings (SSSR count). The number of ether oxygens (including phenoxy) is 1. The molecular weight excluding hydrogens is 480 g/mol. The van der Waals surface area contributed by atoms with Gasteiger partial charge >= 0.3 is 5.69 Å². The number of benzene rings is 2. The highest BCUT2D eigenvalue weighted by atomic mass is 28.4. The van der Waals surface area contributed by atoms with E-state index in [1.807, 2.05) is 60.7 Å². The molecule has 3 atom stereocenters. The largest absolute Gasteiger partial charge is 0.398 e. The van der Waals surface area contributed by atoms with Crippen molar-refractivity contribution in [2.24, 2.45) is 0 Å². The van der Waals surface area contributed by atoms with E-state index in [1.165, 1.54) is 6.20 Å². The van der Waals surface area contributed by atoms with Crippen molar-refractivity contribution in [3.63, 3.8) is 0 Å². The van der Waals surface area contributed by atoms with Crippen LogP contribution in [0.3, 0.4) is 0 Å². The fourth-order valence-corrected chi connectivity index (χ4v) is 9.80. The first-order valence-electron chi connectivity index (χ1n) is 11.8. The van der Waals surface area contributed by atoms with Crippen molar-refractivity contribution in [3.8, 4) is 0 Å². The topological polar surface area (TPSA) is 134 Å². The molecule has 3 unspecified atom stereocenters. The zero-order valence-corrected chi connectivity index (χ0v) is 21.5. The number of H-pyrrole nitrogens is 1. The normalized spacial score (nSPS) is 22.0. The Labute approximate surface area is 209 Å². The van der Waals surface area contributed by atoms with Crippen molar-refractivity contribution in [3.05, 3.63) is 93.8 Å². The SMILES string of the molecule is CC(C)(C)[Si](OC1C(O)C(n2ccc(=O)[nH]c2=O)OC1(CO)CO)(c1ccccc1)c1ccccc1. The standard InChI is InChI=1S/C26H32N2O7Si/c1-25(2,3)36(18-10-6-4-7-11-18,19-12-8-5-9-13-19)35-22-21(32)23(34-26(22,16-29)17-30)28-15-14-20(31)27-24(28)33/h4-15,21-23,29-30,32H,16-17H2,1-3H3,(H,27,31,33). The number of hydrogen-bond donors (Lipinski definition) is 4. The summed E-state index contributed by atoms with van der Waals surface area (Å²) in [5, 5.41) is 33.8. The molecule has 0 spiro atoms. The number of aliphatic hydroxyl groups excluding tert-OH is 3. The van der Waals surface area contributed by atoms with Crippen molar-refractivity contribution < 1.29 is 24.5 Å². The highest BCUT2D eigenvalue weighted by molar-refractivity contribution is 6.99. The highest BCUT2D eigenvalue weighted by Crippen LogP contribution is 2.44. The minimum Gasteiger partial charge on any atom is -0.398 e. The summed E-state index contributed by atoms with van der Waals surface area (Å²) in [6.07, 6.45) is -2.76. The summed E-state index contributed by atoms with van der Waals surface area (Å²) in [6, 6.07) is 20.6. The molecule has 0 bridgehead atoms. The van der Waals surface area contributed by atoms with Crippen LogP contribution in [0.4, 0.5) is 0 Å². The van der Waals surface area contributed by atoms with Crippen molar-refractivity contribution in [1.82, 2.24) is 9.55 Å². The van der Waals surface area contributed by atoms with E-state index < -0.39 is 61.9 Å². The second-order valence-electron chi connectivity index (χ2n) is 10.1. The van der Waals surface area contributed by atoms with Gasteiger partial charge in [-0.3, -0.25) is 14.3 Å². The molecule has 0 aliphatic carbocycles. The van der Waals surface area contributed by atoms with E-state index in [2.05, 4.69) is 25.8 Å². The van der Waals surface area contributed by atoms with Crippen molar-refractivity contribution in [2.45, 2.75) is 49.8 Å². The Bertz CT molecular complexity index is 1240. The number of aliphatic hydroxyl groups is 3. The summed E-state index contributed by atoms with van der Waals surface area (Å²) in [5.74, 6) is 0. The lowest BCUT2D eigenvalue weighted by atomic mass is 9.97. The molecule has 2 aromatic carbocycles. The Balaban J connectivity index is 1.91. The zero-order chi connectivity index (χ0) is 26.1. The van der Waals surface area contributed by atoms with Crippen molar-refractivity contribution in [1.29, 1.82) is 0 Å². The van der Waals surface area contributed by atoms with Crippen molar-refractivity contribution in [2.75, 3.05) is 13.2 Å². The van der Waals surface area contributed by atoms with E-state index in [0.29, 0.717) is 0 Å². The Kier molecular flexibility index (Phi) is 7.20. The van der Waals surface area contributed by atoms with Gasteiger partial charge in [-0.05, 0) is 15.4 Å². The van der Waals surface area contributed by atoms with Gasteiger partial charge in [0.25, 0.3) is 13.9 Å².